The van der Waals surface area contributed by atoms with E-state index in [0.29, 0.717) is 6.54 Å². The number of aromatic hydroxyl groups is 1. The second kappa shape index (κ2) is 6.13. The van der Waals surface area contributed by atoms with Crippen LogP contribution < -0.4 is 0 Å². The van der Waals surface area contributed by atoms with Crippen molar-refractivity contribution >= 4 is 32.9 Å². The predicted octanol–water partition coefficient (Wildman–Crippen LogP) is 4.54. The van der Waals surface area contributed by atoms with Gasteiger partial charge in [0.1, 0.15) is 5.75 Å². The molecular formula is C20H17NO2S. The van der Waals surface area contributed by atoms with Gasteiger partial charge in [-0.1, -0.05) is 36.4 Å². The zero-order valence-corrected chi connectivity index (χ0v) is 13.9. The first-order valence-electron chi connectivity index (χ1n) is 7.97. The molecule has 1 amide bonds. The standard InChI is InChI=1S/C20H17NO2S/c22-17-7-5-14(6-8-17)15-9-11-21(12-10-15)20(23)19-13-16-3-1-2-4-18(16)24-19/h1-9,13,22H,10-12H2. The second-order valence-corrected chi connectivity index (χ2v) is 7.01. The number of carbonyl (C=O) groups is 1. The Labute approximate surface area is 144 Å². The first kappa shape index (κ1) is 15.0. The zero-order chi connectivity index (χ0) is 16.5. The molecule has 0 unspecified atom stereocenters. The third-order valence-corrected chi connectivity index (χ3v) is 5.47. The van der Waals surface area contributed by atoms with Gasteiger partial charge in [-0.15, -0.1) is 11.3 Å². The molecule has 0 atom stereocenters. The number of amides is 1. The Kier molecular flexibility index (Phi) is 3.82. The Morgan fingerprint density at radius 2 is 1.88 bits per heavy atom. The highest BCUT2D eigenvalue weighted by Gasteiger charge is 2.21. The van der Waals surface area contributed by atoms with Crippen molar-refractivity contribution < 1.29 is 9.90 Å². The molecule has 0 bridgehead atoms. The number of thiophene rings is 1. The topological polar surface area (TPSA) is 40.5 Å². The summed E-state index contributed by atoms with van der Waals surface area (Å²) in [6, 6.07) is 17.3. The second-order valence-electron chi connectivity index (χ2n) is 5.93. The minimum atomic E-state index is 0.109. The normalized spacial score (nSPS) is 14.7. The van der Waals surface area contributed by atoms with Gasteiger partial charge in [-0.2, -0.15) is 0 Å². The Bertz CT molecular complexity index is 891. The summed E-state index contributed by atoms with van der Waals surface area (Å²) >= 11 is 1.56. The fourth-order valence-corrected chi connectivity index (χ4v) is 4.07. The van der Waals surface area contributed by atoms with Crippen LogP contribution in [0.4, 0.5) is 0 Å². The van der Waals surface area contributed by atoms with E-state index in [1.807, 2.05) is 41.3 Å². The number of nitrogens with zero attached hydrogens (tertiary/aromatic N) is 1. The molecule has 1 N–H and O–H groups in total. The van der Waals surface area contributed by atoms with Gasteiger partial charge in [0.05, 0.1) is 4.88 Å². The SMILES string of the molecule is O=C(c1cc2ccccc2s1)N1CC=C(c2ccc(O)cc2)CC1. The molecule has 0 saturated carbocycles. The van der Waals surface area contributed by atoms with E-state index in [9.17, 15) is 9.90 Å². The predicted molar refractivity (Wildman–Crippen MR) is 98.4 cm³/mol. The van der Waals surface area contributed by atoms with Crippen molar-refractivity contribution in [2.75, 3.05) is 13.1 Å². The minimum Gasteiger partial charge on any atom is -0.508 e. The number of benzene rings is 2. The molecule has 0 radical (unpaired) electrons. The molecule has 0 aliphatic carbocycles. The molecule has 1 aliphatic rings. The summed E-state index contributed by atoms with van der Waals surface area (Å²) in [6.07, 6.45) is 2.95. The van der Waals surface area contributed by atoms with Crippen LogP contribution in [0.25, 0.3) is 15.7 Å². The van der Waals surface area contributed by atoms with Gasteiger partial charge < -0.3 is 10.0 Å². The smallest absolute Gasteiger partial charge is 0.264 e. The van der Waals surface area contributed by atoms with Gasteiger partial charge >= 0.3 is 0 Å². The van der Waals surface area contributed by atoms with Gasteiger partial charge in [0, 0.05) is 17.8 Å². The summed E-state index contributed by atoms with van der Waals surface area (Å²) in [5.41, 5.74) is 2.34. The summed E-state index contributed by atoms with van der Waals surface area (Å²) in [6.45, 7) is 1.35. The van der Waals surface area contributed by atoms with Crippen molar-refractivity contribution in [1.82, 2.24) is 4.90 Å². The van der Waals surface area contributed by atoms with Crippen LogP contribution in [0.3, 0.4) is 0 Å². The average Bonchev–Trinajstić information content (AvgIpc) is 3.06. The summed E-state index contributed by atoms with van der Waals surface area (Å²) in [5, 5.41) is 10.5. The quantitative estimate of drug-likeness (QED) is 0.747. The van der Waals surface area contributed by atoms with Gasteiger partial charge in [0.2, 0.25) is 0 Å². The van der Waals surface area contributed by atoms with Gasteiger partial charge in [0.25, 0.3) is 5.91 Å². The fourth-order valence-electron chi connectivity index (χ4n) is 3.03. The van der Waals surface area contributed by atoms with Gasteiger partial charge in [-0.05, 0) is 47.2 Å². The number of phenols is 1. The van der Waals surface area contributed by atoms with Crippen LogP contribution in [-0.4, -0.2) is 29.0 Å². The molecule has 0 spiro atoms. The van der Waals surface area contributed by atoms with Crippen molar-refractivity contribution in [3.05, 3.63) is 71.1 Å². The van der Waals surface area contributed by atoms with Gasteiger partial charge in [-0.25, -0.2) is 0 Å². The first-order valence-corrected chi connectivity index (χ1v) is 8.79. The number of carbonyl (C=O) groups excluding carboxylic acids is 1. The lowest BCUT2D eigenvalue weighted by atomic mass is 9.99. The Morgan fingerprint density at radius 1 is 1.08 bits per heavy atom. The van der Waals surface area contributed by atoms with E-state index in [1.54, 1.807) is 23.5 Å². The monoisotopic (exact) mass is 335 g/mol. The summed E-state index contributed by atoms with van der Waals surface area (Å²) in [5.74, 6) is 0.383. The van der Waals surface area contributed by atoms with Crippen LogP contribution in [0.1, 0.15) is 21.7 Å². The molecule has 3 aromatic rings. The molecule has 4 rings (SSSR count). The molecule has 1 aliphatic heterocycles. The molecule has 4 heteroatoms. The number of phenolic OH excluding ortho intramolecular Hbond substituents is 1. The molecule has 3 nitrogen and oxygen atoms in total. The Morgan fingerprint density at radius 3 is 2.58 bits per heavy atom. The maximum atomic E-state index is 12.7. The third kappa shape index (κ3) is 2.81. The highest BCUT2D eigenvalue weighted by Crippen LogP contribution is 2.28. The molecule has 120 valence electrons. The van der Waals surface area contributed by atoms with E-state index in [0.717, 1.165) is 33.5 Å². The maximum absolute atomic E-state index is 12.7. The van der Waals surface area contributed by atoms with Crippen LogP contribution in [-0.2, 0) is 0 Å². The zero-order valence-electron chi connectivity index (χ0n) is 13.1. The number of hydrogen-bond acceptors (Lipinski definition) is 3. The van der Waals surface area contributed by atoms with E-state index >= 15 is 0 Å². The van der Waals surface area contributed by atoms with E-state index in [4.69, 9.17) is 0 Å². The van der Waals surface area contributed by atoms with Crippen LogP contribution in [0.15, 0.2) is 60.7 Å². The highest BCUT2D eigenvalue weighted by molar-refractivity contribution is 7.20. The van der Waals surface area contributed by atoms with Crippen molar-refractivity contribution in [3.8, 4) is 5.75 Å². The molecule has 1 aromatic heterocycles. The molecular weight excluding hydrogens is 318 g/mol. The fraction of sp³-hybridized carbons (Fsp3) is 0.150. The Hall–Kier alpha value is -2.59. The lowest BCUT2D eigenvalue weighted by molar-refractivity contribution is 0.0778. The third-order valence-electron chi connectivity index (χ3n) is 4.37. The van der Waals surface area contributed by atoms with Crippen LogP contribution in [0.2, 0.25) is 0 Å². The summed E-state index contributed by atoms with van der Waals surface area (Å²) in [7, 11) is 0. The molecule has 0 saturated heterocycles. The molecule has 24 heavy (non-hydrogen) atoms. The summed E-state index contributed by atoms with van der Waals surface area (Å²) < 4.78 is 1.15. The van der Waals surface area contributed by atoms with E-state index in [1.165, 1.54) is 5.57 Å². The molecule has 2 heterocycles. The summed E-state index contributed by atoms with van der Waals surface area (Å²) in [4.78, 5) is 15.4. The molecule has 0 fully saturated rings. The average molecular weight is 335 g/mol. The Balaban J connectivity index is 1.52. The number of hydrogen-bond donors (Lipinski definition) is 1. The van der Waals surface area contributed by atoms with Crippen LogP contribution >= 0.6 is 11.3 Å². The first-order chi connectivity index (χ1) is 11.7. The lowest BCUT2D eigenvalue weighted by Crippen LogP contribution is -2.34. The van der Waals surface area contributed by atoms with Crippen LogP contribution in [0.5, 0.6) is 5.75 Å². The van der Waals surface area contributed by atoms with E-state index < -0.39 is 0 Å². The van der Waals surface area contributed by atoms with Crippen molar-refractivity contribution in [1.29, 1.82) is 0 Å². The van der Waals surface area contributed by atoms with Crippen molar-refractivity contribution in [2.24, 2.45) is 0 Å². The van der Waals surface area contributed by atoms with Crippen molar-refractivity contribution in [2.45, 2.75) is 6.42 Å². The number of fused-ring (bicyclic) bond motifs is 1. The highest BCUT2D eigenvalue weighted by atomic mass is 32.1. The van der Waals surface area contributed by atoms with Crippen molar-refractivity contribution in [3.63, 3.8) is 0 Å². The van der Waals surface area contributed by atoms with Gasteiger partial charge in [-0.3, -0.25) is 4.79 Å². The molecule has 2 aromatic carbocycles. The lowest BCUT2D eigenvalue weighted by Gasteiger charge is -2.26. The van der Waals surface area contributed by atoms with E-state index in [-0.39, 0.29) is 11.7 Å². The maximum Gasteiger partial charge on any atom is 0.264 e. The van der Waals surface area contributed by atoms with Gasteiger partial charge in [0.15, 0.2) is 0 Å². The minimum absolute atomic E-state index is 0.109. The van der Waals surface area contributed by atoms with Crippen LogP contribution in [0, 0.1) is 0 Å². The largest absolute Gasteiger partial charge is 0.508 e. The van der Waals surface area contributed by atoms with E-state index in [2.05, 4.69) is 12.1 Å². The number of rotatable bonds is 2.